The molecule has 0 unspecified atom stereocenters. The quantitative estimate of drug-likeness (QED) is 0.874. The molecule has 0 saturated carbocycles. The number of aromatic nitrogens is 2. The Morgan fingerprint density at radius 1 is 1.35 bits per heavy atom. The first-order chi connectivity index (χ1) is 8.22. The second-order valence-electron chi connectivity index (χ2n) is 4.32. The molecule has 1 aromatic carbocycles. The van der Waals surface area contributed by atoms with E-state index in [1.807, 2.05) is 29.8 Å². The fraction of sp³-hybridized carbons (Fsp3) is 0.357. The van der Waals surface area contributed by atoms with Crippen LogP contribution in [0.1, 0.15) is 25.3 Å². The van der Waals surface area contributed by atoms with Gasteiger partial charge in [0.05, 0.1) is 6.20 Å². The van der Waals surface area contributed by atoms with Crippen molar-refractivity contribution in [3.05, 3.63) is 36.0 Å². The highest BCUT2D eigenvalue weighted by Gasteiger charge is 2.11. The number of aryl methyl sites for hydroxylation is 2. The van der Waals surface area contributed by atoms with Gasteiger partial charge in [-0.3, -0.25) is 4.68 Å². The zero-order chi connectivity index (χ0) is 12.3. The maximum Gasteiger partial charge on any atom is 0.161 e. The number of nitrogens with zero attached hydrogens (tertiary/aromatic N) is 2. The highest BCUT2D eigenvalue weighted by Crippen LogP contribution is 2.29. The average Bonchev–Trinajstić information content (AvgIpc) is 2.68. The van der Waals surface area contributed by atoms with Crippen molar-refractivity contribution in [3.8, 4) is 17.0 Å². The molecule has 90 valence electrons. The molecule has 0 aliphatic carbocycles. The van der Waals surface area contributed by atoms with Gasteiger partial charge >= 0.3 is 0 Å². The van der Waals surface area contributed by atoms with Crippen molar-refractivity contribution in [2.45, 2.75) is 33.2 Å². The van der Waals surface area contributed by atoms with Crippen LogP contribution < -0.4 is 0 Å². The van der Waals surface area contributed by atoms with Gasteiger partial charge in [-0.05, 0) is 19.4 Å². The second-order valence-corrected chi connectivity index (χ2v) is 4.32. The predicted octanol–water partition coefficient (Wildman–Crippen LogP) is 3.36. The fourth-order valence-electron chi connectivity index (χ4n) is 1.94. The lowest BCUT2D eigenvalue weighted by Gasteiger charge is -2.08. The van der Waals surface area contributed by atoms with E-state index in [4.69, 9.17) is 0 Å². The Hall–Kier alpha value is -1.77. The van der Waals surface area contributed by atoms with Crippen LogP contribution in [0.4, 0.5) is 0 Å². The molecule has 0 fully saturated rings. The molecule has 0 amide bonds. The third-order valence-electron chi connectivity index (χ3n) is 2.84. The molecule has 1 N–H and O–H groups in total. The molecule has 2 rings (SSSR count). The molecule has 1 aromatic heterocycles. The lowest BCUT2D eigenvalue weighted by Crippen LogP contribution is -2.02. The molecular weight excluding hydrogens is 212 g/mol. The third kappa shape index (κ3) is 2.49. The van der Waals surface area contributed by atoms with Crippen molar-refractivity contribution >= 4 is 0 Å². The maximum absolute atomic E-state index is 9.89. The average molecular weight is 230 g/mol. The van der Waals surface area contributed by atoms with E-state index < -0.39 is 0 Å². The molecule has 1 heterocycles. The topological polar surface area (TPSA) is 38.0 Å². The monoisotopic (exact) mass is 230 g/mol. The van der Waals surface area contributed by atoms with Crippen LogP contribution in [0.25, 0.3) is 11.3 Å². The number of rotatable bonds is 4. The highest BCUT2D eigenvalue weighted by molar-refractivity contribution is 5.66. The van der Waals surface area contributed by atoms with Crippen LogP contribution in [-0.4, -0.2) is 14.9 Å². The van der Waals surface area contributed by atoms with Crippen molar-refractivity contribution in [3.63, 3.8) is 0 Å². The van der Waals surface area contributed by atoms with Crippen LogP contribution >= 0.6 is 0 Å². The molecule has 0 saturated heterocycles. The summed E-state index contributed by atoms with van der Waals surface area (Å²) in [6.45, 7) is 5.04. The van der Waals surface area contributed by atoms with Crippen molar-refractivity contribution in [1.82, 2.24) is 9.78 Å². The van der Waals surface area contributed by atoms with Gasteiger partial charge in [0.2, 0.25) is 0 Å². The van der Waals surface area contributed by atoms with Crippen LogP contribution in [0.5, 0.6) is 5.75 Å². The minimum atomic E-state index is 0.256. The molecule has 0 bridgehead atoms. The smallest absolute Gasteiger partial charge is 0.161 e. The number of unbranched alkanes of at least 4 members (excludes halogenated alkanes) is 1. The van der Waals surface area contributed by atoms with Crippen molar-refractivity contribution in [1.29, 1.82) is 0 Å². The van der Waals surface area contributed by atoms with Crippen molar-refractivity contribution < 1.29 is 5.11 Å². The van der Waals surface area contributed by atoms with E-state index in [-0.39, 0.29) is 5.75 Å². The van der Waals surface area contributed by atoms with Crippen LogP contribution in [-0.2, 0) is 6.54 Å². The molecule has 17 heavy (non-hydrogen) atoms. The van der Waals surface area contributed by atoms with Crippen LogP contribution in [0, 0.1) is 6.92 Å². The number of hydrogen-bond donors (Lipinski definition) is 1. The van der Waals surface area contributed by atoms with E-state index in [2.05, 4.69) is 18.1 Å². The zero-order valence-corrected chi connectivity index (χ0v) is 10.3. The lowest BCUT2D eigenvalue weighted by atomic mass is 10.1. The Kier molecular flexibility index (Phi) is 3.47. The molecule has 2 aromatic rings. The first kappa shape index (κ1) is 11.7. The van der Waals surface area contributed by atoms with E-state index in [0.717, 1.165) is 30.6 Å². The van der Waals surface area contributed by atoms with Gasteiger partial charge in [-0.2, -0.15) is 5.10 Å². The molecule has 0 aliphatic rings. The van der Waals surface area contributed by atoms with E-state index >= 15 is 0 Å². The third-order valence-corrected chi connectivity index (χ3v) is 2.84. The summed E-state index contributed by atoms with van der Waals surface area (Å²) in [6, 6.07) is 8.12. The molecule has 0 spiro atoms. The summed E-state index contributed by atoms with van der Waals surface area (Å²) >= 11 is 0. The SMILES string of the molecule is CCCCn1ncc(O)c1-c1cccc(C)c1. The minimum absolute atomic E-state index is 0.256. The first-order valence-electron chi connectivity index (χ1n) is 6.04. The van der Waals surface area contributed by atoms with Gasteiger partial charge in [0.25, 0.3) is 0 Å². The van der Waals surface area contributed by atoms with E-state index in [9.17, 15) is 5.11 Å². The molecule has 3 nitrogen and oxygen atoms in total. The van der Waals surface area contributed by atoms with Gasteiger partial charge in [0, 0.05) is 12.1 Å². The zero-order valence-electron chi connectivity index (χ0n) is 10.3. The number of hydrogen-bond acceptors (Lipinski definition) is 2. The summed E-state index contributed by atoms with van der Waals surface area (Å²) in [4.78, 5) is 0. The van der Waals surface area contributed by atoms with Crippen LogP contribution in [0.15, 0.2) is 30.5 Å². The Labute approximate surface area is 102 Å². The minimum Gasteiger partial charge on any atom is -0.504 e. The molecular formula is C14H18N2O. The van der Waals surface area contributed by atoms with Gasteiger partial charge in [0.15, 0.2) is 5.75 Å². The Morgan fingerprint density at radius 2 is 2.18 bits per heavy atom. The molecule has 0 aliphatic heterocycles. The summed E-state index contributed by atoms with van der Waals surface area (Å²) < 4.78 is 1.88. The number of aromatic hydroxyl groups is 1. The fourth-order valence-corrected chi connectivity index (χ4v) is 1.94. The highest BCUT2D eigenvalue weighted by atomic mass is 16.3. The summed E-state index contributed by atoms with van der Waals surface area (Å²) in [5.74, 6) is 0.256. The van der Waals surface area contributed by atoms with E-state index in [1.165, 1.54) is 11.8 Å². The predicted molar refractivity (Wildman–Crippen MR) is 69.0 cm³/mol. The lowest BCUT2D eigenvalue weighted by molar-refractivity contribution is 0.475. The largest absolute Gasteiger partial charge is 0.504 e. The first-order valence-corrected chi connectivity index (χ1v) is 6.04. The summed E-state index contributed by atoms with van der Waals surface area (Å²) in [5, 5.41) is 14.1. The van der Waals surface area contributed by atoms with Gasteiger partial charge < -0.3 is 5.11 Å². The summed E-state index contributed by atoms with van der Waals surface area (Å²) in [6.07, 6.45) is 3.71. The van der Waals surface area contributed by atoms with Crippen LogP contribution in [0.3, 0.4) is 0 Å². The van der Waals surface area contributed by atoms with Crippen LogP contribution in [0.2, 0.25) is 0 Å². The van der Waals surface area contributed by atoms with E-state index in [0.29, 0.717) is 0 Å². The van der Waals surface area contributed by atoms with E-state index in [1.54, 1.807) is 0 Å². The van der Waals surface area contributed by atoms with Gasteiger partial charge in [-0.15, -0.1) is 0 Å². The Balaban J connectivity index is 2.39. The van der Waals surface area contributed by atoms with Gasteiger partial charge in [0.1, 0.15) is 5.69 Å². The Morgan fingerprint density at radius 3 is 2.88 bits per heavy atom. The normalized spacial score (nSPS) is 10.7. The number of benzene rings is 1. The second kappa shape index (κ2) is 5.04. The maximum atomic E-state index is 9.89. The molecule has 3 heteroatoms. The summed E-state index contributed by atoms with van der Waals surface area (Å²) in [5.41, 5.74) is 3.03. The standard InChI is InChI=1S/C14H18N2O/c1-3-4-8-16-14(13(17)10-15-16)12-7-5-6-11(2)9-12/h5-7,9-10,17H,3-4,8H2,1-2H3. The summed E-state index contributed by atoms with van der Waals surface area (Å²) in [7, 11) is 0. The van der Waals surface area contributed by atoms with Crippen molar-refractivity contribution in [2.75, 3.05) is 0 Å². The van der Waals surface area contributed by atoms with Gasteiger partial charge in [-0.1, -0.05) is 37.1 Å². The van der Waals surface area contributed by atoms with Crippen molar-refractivity contribution in [2.24, 2.45) is 0 Å². The Bertz CT molecular complexity index is 503. The van der Waals surface area contributed by atoms with Gasteiger partial charge in [-0.25, -0.2) is 0 Å². The molecule has 0 radical (unpaired) electrons. The molecule has 0 atom stereocenters.